The first-order chi connectivity index (χ1) is 19.6. The standard InChI is InChI=1S/C26H26ClF3N4O7/c1-39-24-22(33-8-17(31-32-33)12-5-15(28)21(30)16(29)6-12)23(37)20(9-35)41-25(24)26(38)34(18-10-40-11-19(18)36)14-4-2-3-13(27)7-14/h2-8,18-20,22-25,35-37H,9-11H2,1H3/t18-,19-,20?,22?,23?,24?,25?/m1/s1. The van der Waals surface area contributed by atoms with Crippen LogP contribution in [0.15, 0.2) is 42.6 Å². The number of carbonyl (C=O) groups excluding carboxylic acids is 1. The number of nitrogens with zero attached hydrogens (tertiary/aromatic N) is 4. The molecule has 41 heavy (non-hydrogen) atoms. The molecular weight excluding hydrogens is 573 g/mol. The molecule has 3 N–H and O–H groups in total. The molecule has 2 aliphatic rings. The molecule has 220 valence electrons. The molecule has 2 saturated heterocycles. The summed E-state index contributed by atoms with van der Waals surface area (Å²) in [6, 6.07) is 5.83. The fraction of sp³-hybridized carbons (Fsp3) is 0.423. The first kappa shape index (κ1) is 29.4. The zero-order valence-electron chi connectivity index (χ0n) is 21.5. The molecule has 0 spiro atoms. The number of aromatic nitrogens is 3. The highest BCUT2D eigenvalue weighted by Crippen LogP contribution is 2.36. The average molecular weight is 599 g/mol. The number of carbonyl (C=O) groups is 1. The van der Waals surface area contributed by atoms with Gasteiger partial charge in [-0.3, -0.25) is 4.79 Å². The number of ether oxygens (including phenoxy) is 3. The van der Waals surface area contributed by atoms with Crippen molar-refractivity contribution < 1.29 is 47.5 Å². The quantitative estimate of drug-likeness (QED) is 0.345. The Balaban J connectivity index is 1.53. The largest absolute Gasteiger partial charge is 0.394 e. The van der Waals surface area contributed by atoms with E-state index in [0.29, 0.717) is 10.7 Å². The van der Waals surface area contributed by atoms with E-state index in [9.17, 15) is 33.3 Å². The molecule has 2 fully saturated rings. The Kier molecular flexibility index (Phi) is 8.61. The van der Waals surface area contributed by atoms with Crippen LogP contribution in [0.3, 0.4) is 0 Å². The van der Waals surface area contributed by atoms with Crippen LogP contribution in [0, 0.1) is 17.5 Å². The monoisotopic (exact) mass is 598 g/mol. The van der Waals surface area contributed by atoms with Crippen LogP contribution in [-0.2, 0) is 19.0 Å². The minimum absolute atomic E-state index is 0.0104. The number of hydrogen-bond donors (Lipinski definition) is 3. The number of amides is 1. The normalized spacial score (nSPS) is 28.1. The molecule has 7 atom stereocenters. The lowest BCUT2D eigenvalue weighted by Gasteiger charge is -2.45. The van der Waals surface area contributed by atoms with E-state index < -0.39 is 72.6 Å². The van der Waals surface area contributed by atoms with Gasteiger partial charge in [0.2, 0.25) is 0 Å². The van der Waals surface area contributed by atoms with Crippen LogP contribution in [0.25, 0.3) is 11.3 Å². The second kappa shape index (κ2) is 12.0. The summed E-state index contributed by atoms with van der Waals surface area (Å²) in [5.41, 5.74) is 0.144. The zero-order chi connectivity index (χ0) is 29.4. The molecule has 15 heteroatoms. The molecule has 0 saturated carbocycles. The number of aliphatic hydroxyl groups is 3. The van der Waals surface area contributed by atoms with Crippen molar-refractivity contribution in [3.8, 4) is 11.3 Å². The molecule has 0 aliphatic carbocycles. The van der Waals surface area contributed by atoms with Crippen LogP contribution < -0.4 is 4.90 Å². The van der Waals surface area contributed by atoms with Crippen molar-refractivity contribution in [1.82, 2.24) is 15.0 Å². The van der Waals surface area contributed by atoms with Crippen LogP contribution in [0.2, 0.25) is 5.02 Å². The van der Waals surface area contributed by atoms with Crippen LogP contribution in [0.1, 0.15) is 6.04 Å². The van der Waals surface area contributed by atoms with Crippen LogP contribution in [0.5, 0.6) is 0 Å². The summed E-state index contributed by atoms with van der Waals surface area (Å²) in [4.78, 5) is 15.5. The number of benzene rings is 2. The van der Waals surface area contributed by atoms with Gasteiger partial charge in [-0.2, -0.15) is 0 Å². The molecule has 1 aromatic heterocycles. The number of methoxy groups -OCH3 is 1. The minimum Gasteiger partial charge on any atom is -0.394 e. The second-order valence-corrected chi connectivity index (χ2v) is 10.1. The van der Waals surface area contributed by atoms with E-state index in [4.69, 9.17) is 25.8 Å². The van der Waals surface area contributed by atoms with Crippen molar-refractivity contribution in [2.75, 3.05) is 31.8 Å². The van der Waals surface area contributed by atoms with E-state index in [2.05, 4.69) is 10.3 Å². The maximum absolute atomic E-state index is 14.2. The van der Waals surface area contributed by atoms with Crippen molar-refractivity contribution in [3.05, 3.63) is 65.1 Å². The average Bonchev–Trinajstić information content (AvgIpc) is 3.61. The summed E-state index contributed by atoms with van der Waals surface area (Å²) < 4.78 is 59.2. The third-order valence-corrected chi connectivity index (χ3v) is 7.39. The Bertz CT molecular complexity index is 1390. The Morgan fingerprint density at radius 3 is 2.54 bits per heavy atom. The number of rotatable bonds is 7. The van der Waals surface area contributed by atoms with Gasteiger partial charge in [0.05, 0.1) is 32.1 Å². The van der Waals surface area contributed by atoms with E-state index in [0.717, 1.165) is 16.8 Å². The summed E-state index contributed by atoms with van der Waals surface area (Å²) >= 11 is 6.19. The Labute approximate surface area is 236 Å². The van der Waals surface area contributed by atoms with Crippen molar-refractivity contribution in [3.63, 3.8) is 0 Å². The maximum Gasteiger partial charge on any atom is 0.259 e. The van der Waals surface area contributed by atoms with Gasteiger partial charge in [0.15, 0.2) is 23.6 Å². The molecule has 5 unspecified atom stereocenters. The molecule has 2 aliphatic heterocycles. The van der Waals surface area contributed by atoms with Gasteiger partial charge < -0.3 is 34.4 Å². The molecule has 5 rings (SSSR count). The van der Waals surface area contributed by atoms with E-state index in [1.807, 2.05) is 0 Å². The van der Waals surface area contributed by atoms with Crippen LogP contribution in [-0.4, -0.2) is 99.7 Å². The van der Waals surface area contributed by atoms with Gasteiger partial charge >= 0.3 is 0 Å². The molecule has 3 aromatic rings. The third kappa shape index (κ3) is 5.56. The minimum atomic E-state index is -1.64. The van der Waals surface area contributed by atoms with Gasteiger partial charge in [-0.25, -0.2) is 17.9 Å². The Hall–Kier alpha value is -3.11. The van der Waals surface area contributed by atoms with Gasteiger partial charge in [0.25, 0.3) is 5.91 Å². The Morgan fingerprint density at radius 2 is 1.93 bits per heavy atom. The number of aliphatic hydroxyl groups excluding tert-OH is 3. The van der Waals surface area contributed by atoms with Gasteiger partial charge in [-0.1, -0.05) is 22.9 Å². The van der Waals surface area contributed by atoms with Crippen LogP contribution in [0.4, 0.5) is 18.9 Å². The molecule has 3 heterocycles. The fourth-order valence-corrected chi connectivity index (χ4v) is 5.33. The summed E-state index contributed by atoms with van der Waals surface area (Å²) in [5.74, 6) is -5.19. The van der Waals surface area contributed by atoms with Gasteiger partial charge in [0, 0.05) is 23.4 Å². The van der Waals surface area contributed by atoms with E-state index >= 15 is 0 Å². The van der Waals surface area contributed by atoms with Crippen molar-refractivity contribution >= 4 is 23.2 Å². The number of anilines is 1. The van der Waals surface area contributed by atoms with E-state index in [-0.39, 0.29) is 24.5 Å². The first-order valence-electron chi connectivity index (χ1n) is 12.5. The predicted octanol–water partition coefficient (Wildman–Crippen LogP) is 1.49. The van der Waals surface area contributed by atoms with E-state index in [1.54, 1.807) is 18.2 Å². The highest BCUT2D eigenvalue weighted by Gasteiger charge is 2.52. The SMILES string of the molecule is COC1C(C(=O)N(c2cccc(Cl)c2)[C@@H]2COC[C@H]2O)OC(CO)C(O)C1n1cc(-c2cc(F)c(F)c(F)c2)nn1. The van der Waals surface area contributed by atoms with Crippen LogP contribution >= 0.6 is 11.6 Å². The van der Waals surface area contributed by atoms with Crippen molar-refractivity contribution in [2.45, 2.75) is 42.6 Å². The lowest BCUT2D eigenvalue weighted by atomic mass is 9.91. The summed E-state index contributed by atoms with van der Waals surface area (Å²) in [6.45, 7) is -0.697. The third-order valence-electron chi connectivity index (χ3n) is 7.15. The molecule has 1 amide bonds. The van der Waals surface area contributed by atoms with Gasteiger partial charge in [-0.15, -0.1) is 5.10 Å². The summed E-state index contributed by atoms with van der Waals surface area (Å²) in [7, 11) is 1.27. The van der Waals surface area contributed by atoms with Crippen molar-refractivity contribution in [2.24, 2.45) is 0 Å². The number of halogens is 4. The highest BCUT2D eigenvalue weighted by molar-refractivity contribution is 6.31. The molecular formula is C26H26ClF3N4O7. The maximum atomic E-state index is 14.2. The molecule has 11 nitrogen and oxygen atoms in total. The molecule has 2 aromatic carbocycles. The topological polar surface area (TPSA) is 139 Å². The lowest BCUT2D eigenvalue weighted by Crippen LogP contribution is -2.63. The fourth-order valence-electron chi connectivity index (χ4n) is 5.14. The highest BCUT2D eigenvalue weighted by atomic mass is 35.5. The lowest BCUT2D eigenvalue weighted by molar-refractivity contribution is -0.211. The zero-order valence-corrected chi connectivity index (χ0v) is 22.2. The smallest absolute Gasteiger partial charge is 0.259 e. The Morgan fingerprint density at radius 1 is 1.20 bits per heavy atom. The predicted molar refractivity (Wildman–Crippen MR) is 136 cm³/mol. The molecule has 0 radical (unpaired) electrons. The van der Waals surface area contributed by atoms with Gasteiger partial charge in [-0.05, 0) is 30.3 Å². The van der Waals surface area contributed by atoms with E-state index in [1.165, 1.54) is 24.3 Å². The summed E-state index contributed by atoms with van der Waals surface area (Å²) in [6.07, 6.45) is -5.27. The van der Waals surface area contributed by atoms with Gasteiger partial charge in [0.1, 0.15) is 36.2 Å². The molecule has 0 bridgehead atoms. The van der Waals surface area contributed by atoms with Crippen molar-refractivity contribution in [1.29, 1.82) is 0 Å². The second-order valence-electron chi connectivity index (χ2n) is 9.66. The first-order valence-corrected chi connectivity index (χ1v) is 12.9. The number of hydrogen-bond acceptors (Lipinski definition) is 9. The summed E-state index contributed by atoms with van der Waals surface area (Å²) in [5, 5.41) is 39.9.